The third-order valence-electron chi connectivity index (χ3n) is 5.27. The molecule has 0 spiro atoms. The Morgan fingerprint density at radius 3 is 2.44 bits per heavy atom. The molecule has 25 heavy (non-hydrogen) atoms. The topological polar surface area (TPSA) is 61.9 Å². The molecule has 3 rings (SSSR count). The summed E-state index contributed by atoms with van der Waals surface area (Å²) in [5.41, 5.74) is 0.541. The van der Waals surface area contributed by atoms with E-state index in [1.165, 1.54) is 4.90 Å². The summed E-state index contributed by atoms with van der Waals surface area (Å²) in [6.07, 6.45) is 2.09. The Kier molecular flexibility index (Phi) is 5.58. The molecule has 2 aliphatic heterocycles. The van der Waals surface area contributed by atoms with Gasteiger partial charge in [0.2, 0.25) is 0 Å². The van der Waals surface area contributed by atoms with Crippen LogP contribution in [-0.2, 0) is 4.79 Å². The van der Waals surface area contributed by atoms with Crippen LogP contribution in [0.3, 0.4) is 0 Å². The maximum Gasteiger partial charge on any atom is 0.259 e. The highest BCUT2D eigenvalue weighted by Gasteiger charge is 2.32. The number of hydrogen-bond acceptors (Lipinski definition) is 4. The largest absolute Gasteiger partial charge is 0.483 e. The highest BCUT2D eigenvalue weighted by Crippen LogP contribution is 2.29. The van der Waals surface area contributed by atoms with Gasteiger partial charge >= 0.3 is 0 Å². The van der Waals surface area contributed by atoms with Gasteiger partial charge in [-0.3, -0.25) is 9.59 Å². The van der Waals surface area contributed by atoms with Crippen LogP contribution in [0.2, 0.25) is 0 Å². The van der Waals surface area contributed by atoms with Gasteiger partial charge in [-0.2, -0.15) is 0 Å². The second kappa shape index (κ2) is 7.87. The van der Waals surface area contributed by atoms with Crippen molar-refractivity contribution in [3.05, 3.63) is 29.8 Å². The minimum atomic E-state index is -0.127. The number of rotatable bonds is 4. The summed E-state index contributed by atoms with van der Waals surface area (Å²) in [5.74, 6) is 1.72. The summed E-state index contributed by atoms with van der Waals surface area (Å²) < 4.78 is 5.63. The van der Waals surface area contributed by atoms with Gasteiger partial charge in [0.25, 0.3) is 11.8 Å². The van der Waals surface area contributed by atoms with E-state index in [0.29, 0.717) is 23.1 Å². The number of amides is 2. The van der Waals surface area contributed by atoms with Gasteiger partial charge in [-0.15, -0.1) is 0 Å². The number of fused-ring (bicyclic) bond motifs is 1. The molecule has 2 heterocycles. The van der Waals surface area contributed by atoms with Crippen molar-refractivity contribution in [3.8, 4) is 5.75 Å². The number of benzene rings is 1. The van der Waals surface area contributed by atoms with Crippen LogP contribution in [0, 0.1) is 11.8 Å². The molecule has 136 valence electrons. The molecule has 2 saturated heterocycles. The number of para-hydroxylation sites is 1. The monoisotopic (exact) mass is 345 g/mol. The summed E-state index contributed by atoms with van der Waals surface area (Å²) in [5, 5.41) is 3.45. The second-order valence-corrected chi connectivity index (χ2v) is 7.12. The van der Waals surface area contributed by atoms with E-state index >= 15 is 0 Å². The van der Waals surface area contributed by atoms with Gasteiger partial charge in [-0.1, -0.05) is 12.1 Å². The molecular weight excluding hydrogens is 318 g/mol. The lowest BCUT2D eigenvalue weighted by Gasteiger charge is -2.22. The van der Waals surface area contributed by atoms with E-state index in [9.17, 15) is 9.59 Å². The van der Waals surface area contributed by atoms with Crippen LogP contribution >= 0.6 is 0 Å². The summed E-state index contributed by atoms with van der Waals surface area (Å²) in [6.45, 7) is 3.64. The number of carbonyl (C=O) groups is 2. The fourth-order valence-corrected chi connectivity index (χ4v) is 3.63. The van der Waals surface area contributed by atoms with Crippen molar-refractivity contribution >= 4 is 11.8 Å². The first-order valence-electron chi connectivity index (χ1n) is 8.98. The fraction of sp³-hybridized carbons (Fsp3) is 0.579. The predicted molar refractivity (Wildman–Crippen MR) is 95.6 cm³/mol. The van der Waals surface area contributed by atoms with Crippen LogP contribution in [0.1, 0.15) is 23.2 Å². The highest BCUT2D eigenvalue weighted by atomic mass is 16.5. The molecule has 6 nitrogen and oxygen atoms in total. The summed E-state index contributed by atoms with van der Waals surface area (Å²) in [7, 11) is 3.37. The molecule has 2 fully saturated rings. The number of hydrogen-bond donors (Lipinski definition) is 1. The smallest absolute Gasteiger partial charge is 0.259 e. The first-order valence-corrected chi connectivity index (χ1v) is 8.98. The number of likely N-dealkylation sites (N-methyl/N-ethyl adjacent to an activating group) is 1. The van der Waals surface area contributed by atoms with Crippen LogP contribution in [-0.4, -0.2) is 68.5 Å². The van der Waals surface area contributed by atoms with Gasteiger partial charge < -0.3 is 19.9 Å². The van der Waals surface area contributed by atoms with Gasteiger partial charge in [-0.05, 0) is 49.9 Å². The predicted octanol–water partition coefficient (Wildman–Crippen LogP) is 1.23. The zero-order chi connectivity index (χ0) is 17.8. The second-order valence-electron chi connectivity index (χ2n) is 7.12. The molecular formula is C19H27N3O3. The Bertz CT molecular complexity index is 618. The third-order valence-corrected chi connectivity index (χ3v) is 5.27. The quantitative estimate of drug-likeness (QED) is 0.891. The lowest BCUT2D eigenvalue weighted by Crippen LogP contribution is -2.33. The highest BCUT2D eigenvalue weighted by molar-refractivity contribution is 5.97. The average molecular weight is 345 g/mol. The number of ether oxygens (including phenoxy) is 1. The molecule has 0 aliphatic carbocycles. The van der Waals surface area contributed by atoms with Crippen molar-refractivity contribution in [2.24, 2.45) is 11.8 Å². The lowest BCUT2D eigenvalue weighted by molar-refractivity contribution is -0.130. The van der Waals surface area contributed by atoms with E-state index in [4.69, 9.17) is 4.74 Å². The molecule has 0 unspecified atom stereocenters. The molecule has 0 radical (unpaired) electrons. The van der Waals surface area contributed by atoms with Crippen LogP contribution in [0.5, 0.6) is 5.75 Å². The zero-order valence-corrected chi connectivity index (χ0v) is 15.0. The van der Waals surface area contributed by atoms with E-state index in [2.05, 4.69) is 5.32 Å². The van der Waals surface area contributed by atoms with E-state index < -0.39 is 0 Å². The summed E-state index contributed by atoms with van der Waals surface area (Å²) >= 11 is 0. The molecule has 1 N–H and O–H groups in total. The fourth-order valence-electron chi connectivity index (χ4n) is 3.63. The van der Waals surface area contributed by atoms with Gasteiger partial charge in [-0.25, -0.2) is 0 Å². The van der Waals surface area contributed by atoms with Crippen LogP contribution in [0.25, 0.3) is 0 Å². The first-order chi connectivity index (χ1) is 12.1. The van der Waals surface area contributed by atoms with Gasteiger partial charge in [0, 0.05) is 27.2 Å². The van der Waals surface area contributed by atoms with Gasteiger partial charge in [0.05, 0.1) is 5.56 Å². The Morgan fingerprint density at radius 1 is 1.16 bits per heavy atom. The van der Waals surface area contributed by atoms with E-state index in [-0.39, 0.29) is 18.4 Å². The number of carbonyl (C=O) groups excluding carboxylic acids is 2. The number of likely N-dealkylation sites (tertiary alicyclic amines) is 1. The first kappa shape index (κ1) is 17.7. The molecule has 0 saturated carbocycles. The van der Waals surface area contributed by atoms with Gasteiger partial charge in [0.15, 0.2) is 6.61 Å². The molecule has 1 aromatic carbocycles. The van der Waals surface area contributed by atoms with E-state index in [0.717, 1.165) is 39.0 Å². The minimum Gasteiger partial charge on any atom is -0.483 e. The summed E-state index contributed by atoms with van der Waals surface area (Å²) in [6, 6.07) is 7.20. The minimum absolute atomic E-state index is 0.000773. The van der Waals surface area contributed by atoms with Crippen molar-refractivity contribution in [1.29, 1.82) is 0 Å². The maximum atomic E-state index is 13.0. The number of nitrogens with zero attached hydrogens (tertiary/aromatic N) is 2. The van der Waals surface area contributed by atoms with Crippen molar-refractivity contribution in [2.45, 2.75) is 12.8 Å². The van der Waals surface area contributed by atoms with E-state index in [1.54, 1.807) is 26.2 Å². The van der Waals surface area contributed by atoms with Crippen molar-refractivity contribution < 1.29 is 14.3 Å². The summed E-state index contributed by atoms with van der Waals surface area (Å²) in [4.78, 5) is 28.2. The van der Waals surface area contributed by atoms with Crippen molar-refractivity contribution in [1.82, 2.24) is 15.1 Å². The average Bonchev–Trinajstić information content (AvgIpc) is 2.97. The Balaban J connectivity index is 1.68. The molecule has 2 amide bonds. The normalized spacial score (nSPS) is 22.9. The third kappa shape index (κ3) is 4.12. The zero-order valence-electron chi connectivity index (χ0n) is 15.0. The molecule has 1 aromatic rings. The molecule has 2 aliphatic rings. The van der Waals surface area contributed by atoms with E-state index in [1.807, 2.05) is 17.0 Å². The lowest BCUT2D eigenvalue weighted by atomic mass is 9.92. The standard InChI is InChI=1S/C19H27N3O3/c1-21(2)18(23)13-25-17-6-4-3-5-16(17)19(24)22-9-7-14-11-20-12-15(14)8-10-22/h3-6,14-15,20H,7-13H2,1-2H3/t14-,15+. The van der Waals surface area contributed by atoms with Crippen LogP contribution in [0.15, 0.2) is 24.3 Å². The Hall–Kier alpha value is -2.08. The van der Waals surface area contributed by atoms with Crippen molar-refractivity contribution in [2.75, 3.05) is 46.9 Å². The molecule has 0 bridgehead atoms. The van der Waals surface area contributed by atoms with Crippen LogP contribution < -0.4 is 10.1 Å². The van der Waals surface area contributed by atoms with Crippen LogP contribution in [0.4, 0.5) is 0 Å². The maximum absolute atomic E-state index is 13.0. The van der Waals surface area contributed by atoms with Gasteiger partial charge in [0.1, 0.15) is 5.75 Å². The number of nitrogens with one attached hydrogen (secondary N) is 1. The Morgan fingerprint density at radius 2 is 1.80 bits per heavy atom. The molecule has 0 aromatic heterocycles. The molecule has 2 atom stereocenters. The molecule has 6 heteroatoms. The SMILES string of the molecule is CN(C)C(=O)COc1ccccc1C(=O)N1CC[C@@H]2CNC[C@@H]2CC1. The van der Waals surface area contributed by atoms with Crippen molar-refractivity contribution in [3.63, 3.8) is 0 Å². The Labute approximate surface area is 149 Å².